The zero-order chi connectivity index (χ0) is 16.4. The van der Waals surface area contributed by atoms with Crippen LogP contribution in [-0.2, 0) is 4.79 Å². The Morgan fingerprint density at radius 1 is 1.22 bits per heavy atom. The molecule has 0 aliphatic carbocycles. The summed E-state index contributed by atoms with van der Waals surface area (Å²) in [5, 5.41) is 8.83. The van der Waals surface area contributed by atoms with Crippen LogP contribution in [0.1, 0.15) is 13.8 Å². The molecule has 0 radical (unpaired) electrons. The van der Waals surface area contributed by atoms with Crippen molar-refractivity contribution in [2.75, 3.05) is 31.1 Å². The van der Waals surface area contributed by atoms with Crippen molar-refractivity contribution in [2.24, 2.45) is 5.92 Å². The molecule has 1 amide bonds. The molecule has 1 saturated heterocycles. The Kier molecular flexibility index (Phi) is 4.52. The number of benzene rings is 1. The van der Waals surface area contributed by atoms with Crippen LogP contribution in [0, 0.1) is 5.92 Å². The third kappa shape index (κ3) is 3.47. The fraction of sp³-hybridized carbons (Fsp3) is 0.438. The van der Waals surface area contributed by atoms with Gasteiger partial charge < -0.3 is 14.2 Å². The molecule has 1 aromatic carbocycles. The van der Waals surface area contributed by atoms with E-state index in [9.17, 15) is 4.79 Å². The van der Waals surface area contributed by atoms with Crippen LogP contribution in [0.25, 0.3) is 11.5 Å². The quantitative estimate of drug-likeness (QED) is 0.863. The van der Waals surface area contributed by atoms with E-state index in [1.165, 1.54) is 0 Å². The topological polar surface area (TPSA) is 62.5 Å². The summed E-state index contributed by atoms with van der Waals surface area (Å²) in [4.78, 5) is 15.9. The van der Waals surface area contributed by atoms with E-state index in [-0.39, 0.29) is 11.8 Å². The van der Waals surface area contributed by atoms with Gasteiger partial charge in [-0.25, -0.2) is 0 Å². The first kappa shape index (κ1) is 15.8. The fourth-order valence-corrected chi connectivity index (χ4v) is 2.76. The molecule has 0 spiro atoms. The Hall–Kier alpha value is -2.08. The van der Waals surface area contributed by atoms with Crippen molar-refractivity contribution in [2.45, 2.75) is 13.8 Å². The summed E-state index contributed by atoms with van der Waals surface area (Å²) >= 11 is 5.98. The Labute approximate surface area is 140 Å². The molecule has 0 atom stereocenters. The maximum atomic E-state index is 12.0. The summed E-state index contributed by atoms with van der Waals surface area (Å²) in [7, 11) is 0. The second kappa shape index (κ2) is 6.58. The van der Waals surface area contributed by atoms with E-state index < -0.39 is 0 Å². The number of rotatable bonds is 3. The normalized spacial score (nSPS) is 15.3. The number of halogens is 1. The molecular weight excluding hydrogens is 316 g/mol. The molecule has 6 nitrogen and oxygen atoms in total. The highest BCUT2D eigenvalue weighted by Gasteiger charge is 2.25. The minimum atomic E-state index is 0.0272. The SMILES string of the molecule is CC(C)C(=O)N1CCN(c2nnc(-c3cccc(Cl)c3)o2)CC1. The van der Waals surface area contributed by atoms with Crippen LogP contribution >= 0.6 is 11.6 Å². The second-order valence-corrected chi connectivity index (χ2v) is 6.30. The molecule has 0 bridgehead atoms. The van der Waals surface area contributed by atoms with Gasteiger partial charge in [0.05, 0.1) is 0 Å². The molecule has 1 aromatic heterocycles. The van der Waals surface area contributed by atoms with E-state index in [4.69, 9.17) is 16.0 Å². The van der Waals surface area contributed by atoms with Crippen LogP contribution in [-0.4, -0.2) is 47.2 Å². The molecule has 7 heteroatoms. The smallest absolute Gasteiger partial charge is 0.318 e. The molecule has 2 aromatic rings. The van der Waals surface area contributed by atoms with Crippen molar-refractivity contribution in [3.63, 3.8) is 0 Å². The minimum Gasteiger partial charge on any atom is -0.403 e. The van der Waals surface area contributed by atoms with Crippen molar-refractivity contribution < 1.29 is 9.21 Å². The van der Waals surface area contributed by atoms with E-state index in [2.05, 4.69) is 10.2 Å². The number of hydrogen-bond acceptors (Lipinski definition) is 5. The Bertz CT molecular complexity index is 693. The number of aromatic nitrogens is 2. The molecule has 3 rings (SSSR count). The number of piperazine rings is 1. The Morgan fingerprint density at radius 3 is 2.61 bits per heavy atom. The van der Waals surface area contributed by atoms with Gasteiger partial charge >= 0.3 is 6.01 Å². The van der Waals surface area contributed by atoms with Crippen LogP contribution in [0.15, 0.2) is 28.7 Å². The first-order valence-corrected chi connectivity index (χ1v) is 8.05. The molecule has 0 saturated carbocycles. The molecule has 2 heterocycles. The molecule has 1 fully saturated rings. The predicted octanol–water partition coefficient (Wildman–Crippen LogP) is 2.69. The molecule has 0 N–H and O–H groups in total. The molecule has 23 heavy (non-hydrogen) atoms. The second-order valence-electron chi connectivity index (χ2n) is 5.87. The van der Waals surface area contributed by atoms with Gasteiger partial charge in [0.1, 0.15) is 0 Å². The number of nitrogens with zero attached hydrogens (tertiary/aromatic N) is 4. The number of anilines is 1. The zero-order valence-electron chi connectivity index (χ0n) is 13.2. The highest BCUT2D eigenvalue weighted by molar-refractivity contribution is 6.30. The summed E-state index contributed by atoms with van der Waals surface area (Å²) in [6.45, 7) is 6.57. The largest absolute Gasteiger partial charge is 0.403 e. The van der Waals surface area contributed by atoms with Crippen molar-refractivity contribution in [1.29, 1.82) is 0 Å². The molecule has 122 valence electrons. The lowest BCUT2D eigenvalue weighted by Crippen LogP contribution is -2.50. The average Bonchev–Trinajstić information content (AvgIpc) is 3.04. The summed E-state index contributed by atoms with van der Waals surface area (Å²) in [5.41, 5.74) is 0.796. The van der Waals surface area contributed by atoms with Gasteiger partial charge in [0.2, 0.25) is 11.8 Å². The summed E-state index contributed by atoms with van der Waals surface area (Å²) in [5.74, 6) is 0.664. The standard InChI is InChI=1S/C16H19ClN4O2/c1-11(2)15(22)20-6-8-21(9-7-20)16-19-18-14(23-16)12-4-3-5-13(17)10-12/h3-5,10-11H,6-9H2,1-2H3. The van der Waals surface area contributed by atoms with Crippen LogP contribution in [0.3, 0.4) is 0 Å². The van der Waals surface area contributed by atoms with Crippen molar-refractivity contribution in [3.05, 3.63) is 29.3 Å². The highest BCUT2D eigenvalue weighted by atomic mass is 35.5. The Balaban J connectivity index is 1.67. The summed E-state index contributed by atoms with van der Waals surface area (Å²) < 4.78 is 5.75. The lowest BCUT2D eigenvalue weighted by Gasteiger charge is -2.34. The van der Waals surface area contributed by atoms with Gasteiger partial charge in [-0.05, 0) is 18.2 Å². The summed E-state index contributed by atoms with van der Waals surface area (Å²) in [6.07, 6.45) is 0. The average molecular weight is 335 g/mol. The van der Waals surface area contributed by atoms with Crippen LogP contribution < -0.4 is 4.90 Å². The lowest BCUT2D eigenvalue weighted by atomic mass is 10.1. The van der Waals surface area contributed by atoms with Crippen LogP contribution in [0.4, 0.5) is 6.01 Å². The van der Waals surface area contributed by atoms with E-state index >= 15 is 0 Å². The molecule has 1 aliphatic rings. The van der Waals surface area contributed by atoms with Crippen molar-refractivity contribution in [1.82, 2.24) is 15.1 Å². The Morgan fingerprint density at radius 2 is 1.96 bits per heavy atom. The van der Waals surface area contributed by atoms with E-state index in [1.807, 2.05) is 35.8 Å². The molecular formula is C16H19ClN4O2. The monoisotopic (exact) mass is 334 g/mol. The van der Waals surface area contributed by atoms with Gasteiger partial charge in [-0.1, -0.05) is 36.6 Å². The van der Waals surface area contributed by atoms with Crippen LogP contribution in [0.5, 0.6) is 0 Å². The molecule has 0 unspecified atom stereocenters. The van der Waals surface area contributed by atoms with Gasteiger partial charge in [0.25, 0.3) is 0 Å². The maximum Gasteiger partial charge on any atom is 0.318 e. The van der Waals surface area contributed by atoms with Gasteiger partial charge in [0.15, 0.2) is 0 Å². The first-order valence-electron chi connectivity index (χ1n) is 7.68. The van der Waals surface area contributed by atoms with Gasteiger partial charge in [-0.15, -0.1) is 5.10 Å². The predicted molar refractivity (Wildman–Crippen MR) is 88.4 cm³/mol. The van der Waals surface area contributed by atoms with Gasteiger partial charge in [-0.3, -0.25) is 4.79 Å². The maximum absolute atomic E-state index is 12.0. The lowest BCUT2D eigenvalue weighted by molar-refractivity contribution is -0.134. The number of hydrogen-bond donors (Lipinski definition) is 0. The van der Waals surface area contributed by atoms with Gasteiger partial charge in [0, 0.05) is 42.7 Å². The van der Waals surface area contributed by atoms with Crippen molar-refractivity contribution in [3.8, 4) is 11.5 Å². The minimum absolute atomic E-state index is 0.0272. The third-order valence-corrected chi connectivity index (χ3v) is 4.08. The number of amides is 1. The van der Waals surface area contributed by atoms with E-state index in [1.54, 1.807) is 12.1 Å². The third-order valence-electron chi connectivity index (χ3n) is 3.84. The van der Waals surface area contributed by atoms with Crippen LogP contribution in [0.2, 0.25) is 5.02 Å². The number of carbonyl (C=O) groups excluding carboxylic acids is 1. The van der Waals surface area contributed by atoms with Crippen molar-refractivity contribution >= 4 is 23.5 Å². The summed E-state index contributed by atoms with van der Waals surface area (Å²) in [6, 6.07) is 7.79. The highest BCUT2D eigenvalue weighted by Crippen LogP contribution is 2.25. The zero-order valence-corrected chi connectivity index (χ0v) is 14.0. The van der Waals surface area contributed by atoms with E-state index in [0.717, 1.165) is 5.56 Å². The fourth-order valence-electron chi connectivity index (χ4n) is 2.56. The number of carbonyl (C=O) groups is 1. The molecule has 1 aliphatic heterocycles. The van der Waals surface area contributed by atoms with Gasteiger partial charge in [-0.2, -0.15) is 0 Å². The first-order chi connectivity index (χ1) is 11.0. The van der Waals surface area contributed by atoms with E-state index in [0.29, 0.717) is 43.1 Å².